The quantitative estimate of drug-likeness (QED) is 0.615. The third kappa shape index (κ3) is 4.26. The van der Waals surface area contributed by atoms with Gasteiger partial charge in [0.15, 0.2) is 0 Å². The van der Waals surface area contributed by atoms with Gasteiger partial charge < -0.3 is 20.9 Å². The predicted molar refractivity (Wildman–Crippen MR) is 65.4 cm³/mol. The maximum absolute atomic E-state index is 11.6. The smallest absolute Gasteiger partial charge is 0.220 e. The number of rotatable bonds is 6. The van der Waals surface area contributed by atoms with E-state index in [0.717, 1.165) is 6.42 Å². The number of hydrogen-bond donors (Lipinski definition) is 3. The SMILES string of the molecule is CC(CN)CCC(=O)NCC1(O)CCOC1C. The van der Waals surface area contributed by atoms with Crippen LogP contribution in [0.25, 0.3) is 0 Å². The minimum Gasteiger partial charge on any atom is -0.385 e. The van der Waals surface area contributed by atoms with Crippen molar-refractivity contribution in [1.29, 1.82) is 0 Å². The Morgan fingerprint density at radius 1 is 1.71 bits per heavy atom. The van der Waals surface area contributed by atoms with Crippen molar-refractivity contribution in [2.75, 3.05) is 19.7 Å². The van der Waals surface area contributed by atoms with E-state index in [4.69, 9.17) is 10.5 Å². The van der Waals surface area contributed by atoms with Crippen molar-refractivity contribution in [1.82, 2.24) is 5.32 Å². The molecule has 1 aliphatic rings. The minimum atomic E-state index is -0.908. The molecule has 0 saturated carbocycles. The second-order valence-corrected chi connectivity index (χ2v) is 5.02. The molecule has 3 atom stereocenters. The number of amides is 1. The zero-order valence-corrected chi connectivity index (χ0v) is 10.7. The first-order valence-corrected chi connectivity index (χ1v) is 6.28. The van der Waals surface area contributed by atoms with E-state index in [1.54, 1.807) is 0 Å². The lowest BCUT2D eigenvalue weighted by atomic mass is 9.96. The largest absolute Gasteiger partial charge is 0.385 e. The molecule has 0 aromatic carbocycles. The number of ether oxygens (including phenoxy) is 1. The molecule has 4 N–H and O–H groups in total. The molecule has 0 bridgehead atoms. The van der Waals surface area contributed by atoms with Gasteiger partial charge in [-0.2, -0.15) is 0 Å². The third-order valence-electron chi connectivity index (χ3n) is 3.52. The molecule has 5 heteroatoms. The van der Waals surface area contributed by atoms with Crippen LogP contribution in [-0.4, -0.2) is 42.4 Å². The van der Waals surface area contributed by atoms with E-state index < -0.39 is 5.60 Å². The van der Waals surface area contributed by atoms with Crippen LogP contribution in [0.4, 0.5) is 0 Å². The number of aliphatic hydroxyl groups is 1. The Morgan fingerprint density at radius 3 is 2.94 bits per heavy atom. The van der Waals surface area contributed by atoms with Crippen LogP contribution < -0.4 is 11.1 Å². The van der Waals surface area contributed by atoms with Gasteiger partial charge in [0.2, 0.25) is 5.91 Å². The Balaban J connectivity index is 2.23. The van der Waals surface area contributed by atoms with Crippen molar-refractivity contribution >= 4 is 5.91 Å². The van der Waals surface area contributed by atoms with Gasteiger partial charge in [-0.3, -0.25) is 4.79 Å². The van der Waals surface area contributed by atoms with E-state index in [1.165, 1.54) is 0 Å². The topological polar surface area (TPSA) is 84.6 Å². The van der Waals surface area contributed by atoms with Crippen LogP contribution in [-0.2, 0) is 9.53 Å². The Hall–Kier alpha value is -0.650. The molecule has 1 saturated heterocycles. The van der Waals surface area contributed by atoms with Gasteiger partial charge in [-0.25, -0.2) is 0 Å². The summed E-state index contributed by atoms with van der Waals surface area (Å²) in [5, 5.41) is 12.9. The predicted octanol–water partition coefficient (Wildman–Crippen LogP) is 0.0175. The average molecular weight is 244 g/mol. The average Bonchev–Trinajstić information content (AvgIpc) is 2.64. The van der Waals surface area contributed by atoms with Crippen molar-refractivity contribution in [3.8, 4) is 0 Å². The summed E-state index contributed by atoms with van der Waals surface area (Å²) in [6, 6.07) is 0. The summed E-state index contributed by atoms with van der Waals surface area (Å²) in [5.74, 6) is 0.329. The number of carbonyl (C=O) groups is 1. The van der Waals surface area contributed by atoms with Gasteiger partial charge in [0.25, 0.3) is 0 Å². The summed E-state index contributed by atoms with van der Waals surface area (Å²) in [5.41, 5.74) is 4.58. The molecule has 0 aromatic heterocycles. The molecule has 0 aromatic rings. The van der Waals surface area contributed by atoms with Gasteiger partial charge in [0, 0.05) is 26.0 Å². The standard InChI is InChI=1S/C12H24N2O3/c1-9(7-13)3-4-11(15)14-8-12(16)5-6-17-10(12)2/h9-10,16H,3-8,13H2,1-2H3,(H,14,15). The maximum Gasteiger partial charge on any atom is 0.220 e. The van der Waals surface area contributed by atoms with Gasteiger partial charge in [-0.05, 0) is 25.8 Å². The molecule has 0 aliphatic carbocycles. The highest BCUT2D eigenvalue weighted by molar-refractivity contribution is 5.75. The zero-order valence-electron chi connectivity index (χ0n) is 10.7. The number of nitrogens with two attached hydrogens (primary N) is 1. The number of hydrogen-bond acceptors (Lipinski definition) is 4. The summed E-state index contributed by atoms with van der Waals surface area (Å²) in [6.07, 6.45) is 1.61. The molecule has 1 fully saturated rings. The van der Waals surface area contributed by atoms with Crippen molar-refractivity contribution in [3.05, 3.63) is 0 Å². The molecule has 0 radical (unpaired) electrons. The highest BCUT2D eigenvalue weighted by Crippen LogP contribution is 2.24. The van der Waals surface area contributed by atoms with E-state index in [0.29, 0.717) is 31.9 Å². The minimum absolute atomic E-state index is 0.0298. The van der Waals surface area contributed by atoms with Crippen LogP contribution in [0.15, 0.2) is 0 Å². The molecule has 100 valence electrons. The fourth-order valence-electron chi connectivity index (χ4n) is 1.84. The van der Waals surface area contributed by atoms with E-state index in [-0.39, 0.29) is 18.6 Å². The summed E-state index contributed by atoms with van der Waals surface area (Å²) in [4.78, 5) is 11.6. The van der Waals surface area contributed by atoms with Crippen LogP contribution in [0, 0.1) is 5.92 Å². The maximum atomic E-state index is 11.6. The lowest BCUT2D eigenvalue weighted by molar-refractivity contribution is -0.123. The van der Waals surface area contributed by atoms with Crippen LogP contribution in [0.5, 0.6) is 0 Å². The van der Waals surface area contributed by atoms with E-state index in [1.807, 2.05) is 13.8 Å². The Kier molecular flexibility index (Phi) is 5.36. The lowest BCUT2D eigenvalue weighted by Crippen LogP contribution is -2.47. The molecule has 17 heavy (non-hydrogen) atoms. The molecular formula is C12H24N2O3. The summed E-state index contributed by atoms with van der Waals surface area (Å²) in [7, 11) is 0. The molecule has 0 spiro atoms. The van der Waals surface area contributed by atoms with E-state index >= 15 is 0 Å². The highest BCUT2D eigenvalue weighted by atomic mass is 16.5. The van der Waals surface area contributed by atoms with E-state index in [2.05, 4.69) is 5.32 Å². The summed E-state index contributed by atoms with van der Waals surface area (Å²) < 4.78 is 5.30. The molecule has 5 nitrogen and oxygen atoms in total. The Bertz CT molecular complexity index is 260. The lowest BCUT2D eigenvalue weighted by Gasteiger charge is -2.26. The first-order valence-electron chi connectivity index (χ1n) is 6.28. The molecule has 3 unspecified atom stereocenters. The second kappa shape index (κ2) is 6.33. The fraction of sp³-hybridized carbons (Fsp3) is 0.917. The molecule has 1 aliphatic heterocycles. The first-order chi connectivity index (χ1) is 7.98. The zero-order chi connectivity index (χ0) is 12.9. The Morgan fingerprint density at radius 2 is 2.41 bits per heavy atom. The van der Waals surface area contributed by atoms with Gasteiger partial charge in [-0.15, -0.1) is 0 Å². The van der Waals surface area contributed by atoms with Crippen molar-refractivity contribution in [2.45, 2.75) is 44.8 Å². The highest BCUT2D eigenvalue weighted by Gasteiger charge is 2.39. The van der Waals surface area contributed by atoms with Gasteiger partial charge in [0.1, 0.15) is 5.60 Å². The molecular weight excluding hydrogens is 220 g/mol. The summed E-state index contributed by atoms with van der Waals surface area (Å²) >= 11 is 0. The normalized spacial score (nSPS) is 30.2. The molecule has 1 heterocycles. The van der Waals surface area contributed by atoms with Gasteiger partial charge >= 0.3 is 0 Å². The monoisotopic (exact) mass is 244 g/mol. The van der Waals surface area contributed by atoms with Crippen LogP contribution >= 0.6 is 0 Å². The third-order valence-corrected chi connectivity index (χ3v) is 3.52. The van der Waals surface area contributed by atoms with Crippen molar-refractivity contribution < 1.29 is 14.6 Å². The second-order valence-electron chi connectivity index (χ2n) is 5.02. The number of carbonyl (C=O) groups excluding carboxylic acids is 1. The van der Waals surface area contributed by atoms with Crippen LogP contribution in [0.3, 0.4) is 0 Å². The van der Waals surface area contributed by atoms with Crippen molar-refractivity contribution in [2.24, 2.45) is 11.7 Å². The van der Waals surface area contributed by atoms with Gasteiger partial charge in [0.05, 0.1) is 6.10 Å². The Labute approximate surface area is 103 Å². The fourth-order valence-corrected chi connectivity index (χ4v) is 1.84. The van der Waals surface area contributed by atoms with Gasteiger partial charge in [-0.1, -0.05) is 6.92 Å². The first kappa shape index (κ1) is 14.4. The van der Waals surface area contributed by atoms with Crippen LogP contribution in [0.1, 0.15) is 33.1 Å². The number of nitrogens with one attached hydrogen (secondary N) is 1. The molecule has 1 amide bonds. The van der Waals surface area contributed by atoms with Crippen molar-refractivity contribution in [3.63, 3.8) is 0 Å². The van der Waals surface area contributed by atoms with Crippen LogP contribution in [0.2, 0.25) is 0 Å². The molecule has 1 rings (SSSR count). The summed E-state index contributed by atoms with van der Waals surface area (Å²) in [6.45, 7) is 5.27. The van der Waals surface area contributed by atoms with E-state index in [9.17, 15) is 9.90 Å².